The molecule has 0 saturated carbocycles. The summed E-state index contributed by atoms with van der Waals surface area (Å²) < 4.78 is 16.0. The summed E-state index contributed by atoms with van der Waals surface area (Å²) in [7, 11) is 3.23. The highest BCUT2D eigenvalue weighted by Gasteiger charge is 2.14. The minimum Gasteiger partial charge on any atom is -0.497 e. The molecule has 0 aliphatic rings. The van der Waals surface area contributed by atoms with Crippen LogP contribution in [-0.4, -0.2) is 25.3 Å². The smallest absolute Gasteiger partial charge is 0.346 e. The van der Waals surface area contributed by atoms with Gasteiger partial charge in [-0.2, -0.15) is 5.26 Å². The van der Waals surface area contributed by atoms with Crippen molar-refractivity contribution < 1.29 is 23.8 Å². The van der Waals surface area contributed by atoms with Gasteiger partial charge in [0.05, 0.1) is 19.8 Å². The topological polar surface area (TPSA) is 113 Å². The Morgan fingerprint density at radius 3 is 1.73 bits per heavy atom. The maximum Gasteiger partial charge on any atom is 0.346 e. The molecule has 1 heterocycles. The summed E-state index contributed by atoms with van der Waals surface area (Å²) in [6, 6.07) is 27.3. The molecule has 0 radical (unpaired) electrons. The maximum atomic E-state index is 12.4. The summed E-state index contributed by atoms with van der Waals surface area (Å²) in [6.45, 7) is 0. The Morgan fingerprint density at radius 1 is 0.838 bits per heavy atom. The molecule has 1 aromatic heterocycles. The summed E-state index contributed by atoms with van der Waals surface area (Å²) in [6.07, 6.45) is 0.989. The second-order valence-corrected chi connectivity index (χ2v) is 7.80. The maximum absolute atomic E-state index is 12.4. The van der Waals surface area contributed by atoms with E-state index in [0.717, 1.165) is 34.6 Å². The third-order valence-electron chi connectivity index (χ3n) is 5.57. The molecule has 0 spiro atoms. The van der Waals surface area contributed by atoms with Gasteiger partial charge >= 0.3 is 11.6 Å². The number of aliphatic carboxylic acids is 1. The zero-order valence-electron chi connectivity index (χ0n) is 20.0. The van der Waals surface area contributed by atoms with Crippen molar-refractivity contribution in [2.75, 3.05) is 19.1 Å². The fourth-order valence-corrected chi connectivity index (χ4v) is 3.67. The van der Waals surface area contributed by atoms with Crippen LogP contribution >= 0.6 is 0 Å². The van der Waals surface area contributed by atoms with Crippen LogP contribution in [-0.2, 0) is 4.79 Å². The second kappa shape index (κ2) is 11.0. The highest BCUT2D eigenvalue weighted by Crippen LogP contribution is 2.37. The fraction of sp³-hybridized carbons (Fsp3) is 0.0690. The van der Waals surface area contributed by atoms with Gasteiger partial charge in [-0.25, -0.2) is 9.59 Å². The Kier molecular flexibility index (Phi) is 7.36. The predicted octanol–water partition coefficient (Wildman–Crippen LogP) is 5.79. The molecule has 184 valence electrons. The predicted molar refractivity (Wildman–Crippen MR) is 139 cm³/mol. The lowest BCUT2D eigenvalue weighted by Gasteiger charge is -2.26. The highest BCUT2D eigenvalue weighted by molar-refractivity contribution is 5.96. The minimum atomic E-state index is -1.42. The summed E-state index contributed by atoms with van der Waals surface area (Å²) in [5, 5.41) is 17.9. The number of ether oxygens (including phenoxy) is 2. The Labute approximate surface area is 212 Å². The van der Waals surface area contributed by atoms with Gasteiger partial charge in [-0.3, -0.25) is 0 Å². The van der Waals surface area contributed by atoms with Crippen molar-refractivity contribution in [3.63, 3.8) is 0 Å². The molecule has 4 rings (SSSR count). The lowest BCUT2D eigenvalue weighted by atomic mass is 10.1. The molecule has 37 heavy (non-hydrogen) atoms. The van der Waals surface area contributed by atoms with E-state index in [9.17, 15) is 9.59 Å². The van der Waals surface area contributed by atoms with Crippen molar-refractivity contribution in [2.24, 2.45) is 0 Å². The first-order valence-corrected chi connectivity index (χ1v) is 11.1. The van der Waals surface area contributed by atoms with Gasteiger partial charge in [0.2, 0.25) is 0 Å². The van der Waals surface area contributed by atoms with E-state index in [1.807, 2.05) is 72.8 Å². The largest absolute Gasteiger partial charge is 0.497 e. The molecule has 0 aliphatic heterocycles. The molecule has 0 atom stereocenters. The second-order valence-electron chi connectivity index (χ2n) is 7.80. The first-order valence-electron chi connectivity index (χ1n) is 11.1. The number of carboxylic acids is 1. The number of carbonyl (C=O) groups is 1. The minimum absolute atomic E-state index is 0.0236. The number of nitriles is 1. The molecule has 8 heteroatoms. The fourth-order valence-electron chi connectivity index (χ4n) is 3.67. The molecular formula is C29H22N2O6. The van der Waals surface area contributed by atoms with Gasteiger partial charge in [0, 0.05) is 22.6 Å². The summed E-state index contributed by atoms with van der Waals surface area (Å²) in [4.78, 5) is 25.5. The van der Waals surface area contributed by atoms with Gasteiger partial charge in [0.15, 0.2) is 0 Å². The first kappa shape index (κ1) is 24.8. The molecule has 0 amide bonds. The highest BCUT2D eigenvalue weighted by atomic mass is 16.5. The third-order valence-corrected chi connectivity index (χ3v) is 5.57. The van der Waals surface area contributed by atoms with Gasteiger partial charge in [0.1, 0.15) is 28.9 Å². The monoisotopic (exact) mass is 494 g/mol. The Hall–Kier alpha value is -5.29. The van der Waals surface area contributed by atoms with Gasteiger partial charge in [0.25, 0.3) is 0 Å². The van der Waals surface area contributed by atoms with Crippen LogP contribution in [0.3, 0.4) is 0 Å². The van der Waals surface area contributed by atoms with E-state index in [0.29, 0.717) is 11.3 Å². The van der Waals surface area contributed by atoms with Crippen molar-refractivity contribution in [1.82, 2.24) is 0 Å². The molecule has 3 aromatic carbocycles. The zero-order chi connectivity index (χ0) is 26.4. The van der Waals surface area contributed by atoms with E-state index in [1.165, 1.54) is 6.07 Å². The van der Waals surface area contributed by atoms with Crippen molar-refractivity contribution in [1.29, 1.82) is 5.26 Å². The molecule has 0 saturated heterocycles. The first-order chi connectivity index (χ1) is 17.9. The van der Waals surface area contributed by atoms with Gasteiger partial charge in [-0.15, -0.1) is 0 Å². The van der Waals surface area contributed by atoms with Crippen LogP contribution in [0.15, 0.2) is 99.7 Å². The number of carboxylic acid groups (broad SMARTS) is 1. The summed E-state index contributed by atoms with van der Waals surface area (Å²) in [5.74, 6) is 0.377. The molecule has 1 N–H and O–H groups in total. The molecular weight excluding hydrogens is 472 g/mol. The third kappa shape index (κ3) is 5.52. The van der Waals surface area contributed by atoms with Crippen LogP contribution in [0, 0.1) is 11.3 Å². The van der Waals surface area contributed by atoms with Gasteiger partial charge in [-0.1, -0.05) is 0 Å². The normalized spacial score (nSPS) is 10.9. The lowest BCUT2D eigenvalue weighted by Crippen LogP contribution is -2.10. The summed E-state index contributed by atoms with van der Waals surface area (Å²) >= 11 is 0. The van der Waals surface area contributed by atoms with Gasteiger partial charge in [-0.05, 0) is 91.0 Å². The number of methoxy groups -OCH3 is 2. The van der Waals surface area contributed by atoms with E-state index in [2.05, 4.69) is 4.90 Å². The number of rotatable bonds is 8. The Morgan fingerprint density at radius 2 is 1.32 bits per heavy atom. The van der Waals surface area contributed by atoms with E-state index >= 15 is 0 Å². The van der Waals surface area contributed by atoms with E-state index in [4.69, 9.17) is 24.3 Å². The van der Waals surface area contributed by atoms with Crippen molar-refractivity contribution in [2.45, 2.75) is 0 Å². The molecule has 0 unspecified atom stereocenters. The average molecular weight is 495 g/mol. The average Bonchev–Trinajstić information content (AvgIpc) is 2.93. The number of hydrogen-bond donors (Lipinski definition) is 1. The van der Waals surface area contributed by atoms with Gasteiger partial charge < -0.3 is 23.9 Å². The van der Waals surface area contributed by atoms with E-state index in [-0.39, 0.29) is 5.56 Å². The van der Waals surface area contributed by atoms with Crippen LogP contribution in [0.1, 0.15) is 5.56 Å². The van der Waals surface area contributed by atoms with E-state index < -0.39 is 17.2 Å². The summed E-state index contributed by atoms with van der Waals surface area (Å²) in [5.41, 5.74) is 2.02. The molecule has 8 nitrogen and oxygen atoms in total. The van der Waals surface area contributed by atoms with Crippen LogP contribution in [0.2, 0.25) is 0 Å². The van der Waals surface area contributed by atoms with E-state index in [1.54, 1.807) is 26.4 Å². The number of anilines is 3. The zero-order valence-corrected chi connectivity index (χ0v) is 20.0. The van der Waals surface area contributed by atoms with Crippen LogP contribution in [0.5, 0.6) is 11.5 Å². The van der Waals surface area contributed by atoms with Crippen LogP contribution in [0.25, 0.3) is 17.4 Å². The Balaban J connectivity index is 1.69. The lowest BCUT2D eigenvalue weighted by molar-refractivity contribution is -0.132. The standard InChI is InChI=1S/C29H22N2O6/c1-35-25-12-8-23(9-13-25)31(24-10-14-26(36-2)15-11-24)22-6-3-19(4-7-22)27-16-5-20(29(34)37-27)17-21(18-30)28(32)33/h3-17H,1-2H3,(H,32,33)/b21-17+. The van der Waals surface area contributed by atoms with Crippen molar-refractivity contribution in [3.05, 3.63) is 106 Å². The molecule has 0 fully saturated rings. The van der Waals surface area contributed by atoms with Crippen LogP contribution < -0.4 is 20.0 Å². The van der Waals surface area contributed by atoms with Crippen LogP contribution in [0.4, 0.5) is 17.1 Å². The molecule has 4 aromatic rings. The van der Waals surface area contributed by atoms with Crippen molar-refractivity contribution in [3.8, 4) is 28.9 Å². The SMILES string of the molecule is COc1ccc(N(c2ccc(OC)cc2)c2ccc(-c3ccc(/C=C(\C#N)C(=O)O)c(=O)o3)cc2)cc1. The quantitative estimate of drug-likeness (QED) is 0.242. The molecule has 0 aliphatic carbocycles. The number of hydrogen-bond acceptors (Lipinski definition) is 7. The number of nitrogens with zero attached hydrogens (tertiary/aromatic N) is 2. The molecule has 0 bridgehead atoms. The Bertz CT molecular complexity index is 1480. The number of benzene rings is 3. The van der Waals surface area contributed by atoms with Crippen molar-refractivity contribution >= 4 is 29.1 Å².